The highest BCUT2D eigenvalue weighted by Crippen LogP contribution is 2.31. The van der Waals surface area contributed by atoms with E-state index < -0.39 is 0 Å². The summed E-state index contributed by atoms with van der Waals surface area (Å²) in [6.07, 6.45) is 0. The van der Waals surface area contributed by atoms with Crippen LogP contribution in [0, 0.1) is 6.92 Å². The van der Waals surface area contributed by atoms with Crippen molar-refractivity contribution in [2.45, 2.75) is 6.92 Å². The Kier molecular flexibility index (Phi) is 4.64. The highest BCUT2D eigenvalue weighted by Gasteiger charge is 2.18. The van der Waals surface area contributed by atoms with Gasteiger partial charge in [0.1, 0.15) is 5.00 Å². The molecule has 0 atom stereocenters. The van der Waals surface area contributed by atoms with E-state index in [4.69, 9.17) is 9.47 Å². The van der Waals surface area contributed by atoms with Gasteiger partial charge in [-0.25, -0.2) is 0 Å². The molecule has 112 valence electrons. The topological polar surface area (TPSA) is 72.5 Å². The van der Waals surface area contributed by atoms with Gasteiger partial charge in [0.05, 0.1) is 25.5 Å². The number of nitrogens with one attached hydrogen (secondary N) is 2. The Morgan fingerprint density at radius 3 is 2.57 bits per heavy atom. The maximum Gasteiger partial charge on any atom is 0.260 e. The number of aromatic nitrogens is 1. The van der Waals surface area contributed by atoms with Crippen LogP contribution in [-0.4, -0.2) is 31.5 Å². The molecule has 1 heterocycles. The summed E-state index contributed by atoms with van der Waals surface area (Å²) in [5.74, 6) is 0.960. The minimum Gasteiger partial charge on any atom is -0.493 e. The molecule has 0 radical (unpaired) electrons. The number of amides is 1. The van der Waals surface area contributed by atoms with Crippen molar-refractivity contribution in [2.75, 3.05) is 31.9 Å². The molecule has 6 nitrogen and oxygen atoms in total. The summed E-state index contributed by atoms with van der Waals surface area (Å²) in [4.78, 5) is 12.4. The van der Waals surface area contributed by atoms with E-state index in [-0.39, 0.29) is 5.91 Å². The molecule has 0 aliphatic heterocycles. The van der Waals surface area contributed by atoms with Crippen LogP contribution in [-0.2, 0) is 0 Å². The third kappa shape index (κ3) is 3.08. The zero-order chi connectivity index (χ0) is 15.4. The van der Waals surface area contributed by atoms with Gasteiger partial charge < -0.3 is 20.1 Å². The lowest BCUT2D eigenvalue weighted by molar-refractivity contribution is 0.102. The average Bonchev–Trinajstić information content (AvgIpc) is 2.88. The second kappa shape index (κ2) is 6.45. The van der Waals surface area contributed by atoms with Crippen molar-refractivity contribution >= 4 is 28.1 Å². The molecule has 1 amide bonds. The van der Waals surface area contributed by atoms with Crippen LogP contribution < -0.4 is 20.1 Å². The van der Waals surface area contributed by atoms with Gasteiger partial charge in [0.2, 0.25) is 0 Å². The summed E-state index contributed by atoms with van der Waals surface area (Å²) in [5, 5.41) is 6.55. The second-order valence-electron chi connectivity index (χ2n) is 4.25. The van der Waals surface area contributed by atoms with Gasteiger partial charge >= 0.3 is 0 Å². The predicted octanol–water partition coefficient (Wildman–Crippen LogP) is 2.76. The van der Waals surface area contributed by atoms with E-state index in [1.165, 1.54) is 11.5 Å². The maximum atomic E-state index is 12.4. The van der Waals surface area contributed by atoms with Crippen LogP contribution in [0.1, 0.15) is 16.1 Å². The Morgan fingerprint density at radius 2 is 1.95 bits per heavy atom. The van der Waals surface area contributed by atoms with E-state index in [2.05, 4.69) is 15.0 Å². The highest BCUT2D eigenvalue weighted by atomic mass is 32.1. The third-order valence-corrected chi connectivity index (χ3v) is 3.91. The number of anilines is 2. The molecule has 1 aromatic carbocycles. The summed E-state index contributed by atoms with van der Waals surface area (Å²) in [7, 11) is 4.88. The number of nitrogens with zero attached hydrogens (tertiary/aromatic N) is 1. The Morgan fingerprint density at radius 1 is 1.24 bits per heavy atom. The number of benzene rings is 1. The largest absolute Gasteiger partial charge is 0.493 e. The number of hydrogen-bond donors (Lipinski definition) is 2. The number of carbonyl (C=O) groups is 1. The lowest BCUT2D eigenvalue weighted by atomic mass is 10.2. The fourth-order valence-corrected chi connectivity index (χ4v) is 2.66. The van der Waals surface area contributed by atoms with Crippen molar-refractivity contribution in [2.24, 2.45) is 0 Å². The van der Waals surface area contributed by atoms with E-state index >= 15 is 0 Å². The van der Waals surface area contributed by atoms with Gasteiger partial charge in [-0.1, -0.05) is 0 Å². The molecular formula is C14H17N3O3S. The quantitative estimate of drug-likeness (QED) is 0.888. The van der Waals surface area contributed by atoms with Gasteiger partial charge in [0, 0.05) is 18.8 Å². The lowest BCUT2D eigenvalue weighted by Gasteiger charge is -2.11. The molecule has 21 heavy (non-hydrogen) atoms. The number of ether oxygens (including phenoxy) is 2. The van der Waals surface area contributed by atoms with Gasteiger partial charge in [0.25, 0.3) is 5.91 Å². The summed E-state index contributed by atoms with van der Waals surface area (Å²) in [5.41, 5.74) is 1.88. The van der Waals surface area contributed by atoms with E-state index in [0.29, 0.717) is 28.4 Å². The zero-order valence-electron chi connectivity index (χ0n) is 12.3. The smallest absolute Gasteiger partial charge is 0.260 e. The Balaban J connectivity index is 2.25. The van der Waals surface area contributed by atoms with Crippen molar-refractivity contribution in [3.8, 4) is 11.5 Å². The Hall–Kier alpha value is -2.28. The lowest BCUT2D eigenvalue weighted by Crippen LogP contribution is -2.14. The summed E-state index contributed by atoms with van der Waals surface area (Å²) in [6, 6.07) is 5.21. The first-order valence-corrected chi connectivity index (χ1v) is 7.05. The summed E-state index contributed by atoms with van der Waals surface area (Å²) in [6.45, 7) is 1.81. The van der Waals surface area contributed by atoms with Crippen molar-refractivity contribution in [1.29, 1.82) is 0 Å². The summed E-state index contributed by atoms with van der Waals surface area (Å²) < 4.78 is 14.6. The fraction of sp³-hybridized carbons (Fsp3) is 0.286. The van der Waals surface area contributed by atoms with Crippen LogP contribution in [0.3, 0.4) is 0 Å². The van der Waals surface area contributed by atoms with Gasteiger partial charge in [-0.15, -0.1) is 0 Å². The maximum absolute atomic E-state index is 12.4. The molecule has 0 saturated carbocycles. The van der Waals surface area contributed by atoms with Gasteiger partial charge in [-0.05, 0) is 30.6 Å². The molecule has 0 aliphatic carbocycles. The SMILES string of the molecule is CNc1snc(C)c1C(=O)Nc1ccc(OC)c(OC)c1. The molecule has 1 aromatic heterocycles. The van der Waals surface area contributed by atoms with E-state index in [1.54, 1.807) is 46.4 Å². The molecule has 0 unspecified atom stereocenters. The zero-order valence-corrected chi connectivity index (χ0v) is 13.1. The first kappa shape index (κ1) is 15.1. The van der Waals surface area contributed by atoms with Crippen molar-refractivity contribution in [1.82, 2.24) is 4.37 Å². The monoisotopic (exact) mass is 307 g/mol. The van der Waals surface area contributed by atoms with Crippen molar-refractivity contribution in [3.63, 3.8) is 0 Å². The van der Waals surface area contributed by atoms with Crippen LogP contribution in [0.5, 0.6) is 11.5 Å². The van der Waals surface area contributed by atoms with Gasteiger partial charge in [-0.3, -0.25) is 4.79 Å². The third-order valence-electron chi connectivity index (χ3n) is 2.96. The molecule has 0 bridgehead atoms. The molecule has 2 aromatic rings. The standard InChI is InChI=1S/C14H17N3O3S/c1-8-12(14(15-2)21-17-8)13(18)16-9-5-6-10(19-3)11(7-9)20-4/h5-7,15H,1-4H3,(H,16,18). The first-order valence-electron chi connectivity index (χ1n) is 6.28. The molecule has 7 heteroatoms. The Labute approximate surface area is 127 Å². The average molecular weight is 307 g/mol. The van der Waals surface area contributed by atoms with Crippen LogP contribution in [0.2, 0.25) is 0 Å². The fourth-order valence-electron chi connectivity index (χ4n) is 1.92. The highest BCUT2D eigenvalue weighted by molar-refractivity contribution is 7.10. The minimum absolute atomic E-state index is 0.210. The van der Waals surface area contributed by atoms with Crippen molar-refractivity contribution < 1.29 is 14.3 Å². The van der Waals surface area contributed by atoms with Crippen LogP contribution in [0.25, 0.3) is 0 Å². The van der Waals surface area contributed by atoms with Crippen LogP contribution >= 0.6 is 11.5 Å². The number of methoxy groups -OCH3 is 2. The molecular weight excluding hydrogens is 290 g/mol. The minimum atomic E-state index is -0.210. The number of carbonyl (C=O) groups excluding carboxylic acids is 1. The molecule has 2 N–H and O–H groups in total. The van der Waals surface area contributed by atoms with Gasteiger partial charge in [0.15, 0.2) is 11.5 Å². The number of hydrogen-bond acceptors (Lipinski definition) is 6. The van der Waals surface area contributed by atoms with Crippen molar-refractivity contribution in [3.05, 3.63) is 29.5 Å². The van der Waals surface area contributed by atoms with Gasteiger partial charge in [-0.2, -0.15) is 4.37 Å². The molecule has 2 rings (SSSR count). The Bertz CT molecular complexity index is 655. The molecule has 0 spiro atoms. The van der Waals surface area contributed by atoms with E-state index in [0.717, 1.165) is 5.00 Å². The van der Waals surface area contributed by atoms with Crippen LogP contribution in [0.4, 0.5) is 10.7 Å². The number of rotatable bonds is 5. The summed E-state index contributed by atoms with van der Waals surface area (Å²) >= 11 is 1.26. The normalized spacial score (nSPS) is 10.1. The predicted molar refractivity (Wildman–Crippen MR) is 83.9 cm³/mol. The molecule has 0 aliphatic rings. The number of aryl methyl sites for hydroxylation is 1. The van der Waals surface area contributed by atoms with E-state index in [1.807, 2.05) is 0 Å². The van der Waals surface area contributed by atoms with Crippen LogP contribution in [0.15, 0.2) is 18.2 Å². The molecule has 0 saturated heterocycles. The van der Waals surface area contributed by atoms with E-state index in [9.17, 15) is 4.79 Å². The first-order chi connectivity index (χ1) is 10.1. The second-order valence-corrected chi connectivity index (χ2v) is 5.02. The molecule has 0 fully saturated rings.